The van der Waals surface area contributed by atoms with Crippen LogP contribution in [0.5, 0.6) is 5.75 Å². The van der Waals surface area contributed by atoms with Gasteiger partial charge in [-0.1, -0.05) is 36.4 Å². The number of benzene rings is 3. The van der Waals surface area contributed by atoms with E-state index in [9.17, 15) is 18.0 Å². The lowest BCUT2D eigenvalue weighted by molar-refractivity contribution is -0.121. The normalized spacial score (nSPS) is 12.1. The number of para-hydroxylation sites is 2. The molecule has 0 saturated carbocycles. The second kappa shape index (κ2) is 11.8. The Bertz CT molecular complexity index is 1260. The smallest absolute Gasteiger partial charge is 0.263 e. The number of carbonyl (C=O) groups is 2. The number of anilines is 2. The first kappa shape index (κ1) is 25.4. The molecular formula is C25H26N4O5S. The van der Waals surface area contributed by atoms with Crippen molar-refractivity contribution < 1.29 is 22.7 Å². The van der Waals surface area contributed by atoms with E-state index < -0.39 is 22.0 Å². The molecule has 0 fully saturated rings. The van der Waals surface area contributed by atoms with Crippen molar-refractivity contribution in [1.82, 2.24) is 5.43 Å². The lowest BCUT2D eigenvalue weighted by Gasteiger charge is -2.27. The summed E-state index contributed by atoms with van der Waals surface area (Å²) in [6.45, 7) is 1.34. The van der Waals surface area contributed by atoms with Gasteiger partial charge in [0.25, 0.3) is 11.8 Å². The fourth-order valence-electron chi connectivity index (χ4n) is 3.17. The van der Waals surface area contributed by atoms with Crippen LogP contribution in [0.2, 0.25) is 0 Å². The molecule has 9 nitrogen and oxygen atoms in total. The molecule has 0 spiro atoms. The molecule has 2 N–H and O–H groups in total. The van der Waals surface area contributed by atoms with E-state index in [1.807, 2.05) is 18.2 Å². The molecule has 3 rings (SSSR count). The molecule has 35 heavy (non-hydrogen) atoms. The first-order chi connectivity index (χ1) is 16.7. The van der Waals surface area contributed by atoms with Crippen LogP contribution >= 0.6 is 0 Å². The molecule has 10 heteroatoms. The highest BCUT2D eigenvalue weighted by Gasteiger charge is 2.28. The lowest BCUT2D eigenvalue weighted by atomic mass is 10.2. The predicted octanol–water partition coefficient (Wildman–Crippen LogP) is 3.01. The average molecular weight is 495 g/mol. The van der Waals surface area contributed by atoms with Gasteiger partial charge >= 0.3 is 0 Å². The highest BCUT2D eigenvalue weighted by Crippen LogP contribution is 2.20. The number of rotatable bonds is 10. The molecule has 0 aromatic heterocycles. The zero-order valence-corrected chi connectivity index (χ0v) is 20.1. The number of hydrazone groups is 1. The Morgan fingerprint density at radius 1 is 0.971 bits per heavy atom. The third-order valence-electron chi connectivity index (χ3n) is 4.80. The lowest BCUT2D eigenvalue weighted by Crippen LogP contribution is -2.46. The van der Waals surface area contributed by atoms with Gasteiger partial charge < -0.3 is 10.1 Å². The standard InChI is InChI=1S/C25H26N4O5S/c1-19(29(35(2,32)33)22-11-7-4-8-12-22)25(31)28-26-17-20-13-15-23(16-14-20)34-18-24(30)27-21-9-5-3-6-10-21/h3-17,19H,18H2,1-2H3,(H,27,30)(H,28,31)/b26-17-/t19-/m0/s1. The summed E-state index contributed by atoms with van der Waals surface area (Å²) in [4.78, 5) is 24.5. The van der Waals surface area contributed by atoms with E-state index in [0.29, 0.717) is 22.7 Å². The molecule has 182 valence electrons. The summed E-state index contributed by atoms with van der Waals surface area (Å²) in [5, 5.41) is 6.65. The summed E-state index contributed by atoms with van der Waals surface area (Å²) in [7, 11) is -3.70. The third-order valence-corrected chi connectivity index (χ3v) is 6.04. The molecule has 1 atom stereocenters. The van der Waals surface area contributed by atoms with Crippen LogP contribution < -0.4 is 19.8 Å². The van der Waals surface area contributed by atoms with E-state index in [2.05, 4.69) is 15.8 Å². The van der Waals surface area contributed by atoms with Gasteiger partial charge in [-0.05, 0) is 61.0 Å². The summed E-state index contributed by atoms with van der Waals surface area (Å²) in [5.41, 5.74) is 4.11. The van der Waals surface area contributed by atoms with Crippen LogP contribution in [0.25, 0.3) is 0 Å². The van der Waals surface area contributed by atoms with Crippen molar-refractivity contribution in [2.45, 2.75) is 13.0 Å². The number of hydrogen-bond acceptors (Lipinski definition) is 6. The minimum Gasteiger partial charge on any atom is -0.484 e. The zero-order chi connectivity index (χ0) is 25.3. The van der Waals surface area contributed by atoms with Crippen LogP contribution in [0.3, 0.4) is 0 Å². The van der Waals surface area contributed by atoms with E-state index in [1.54, 1.807) is 66.7 Å². The molecule has 0 aliphatic carbocycles. The Morgan fingerprint density at radius 2 is 1.57 bits per heavy atom. The van der Waals surface area contributed by atoms with Gasteiger partial charge in [0.05, 0.1) is 18.2 Å². The van der Waals surface area contributed by atoms with Crippen molar-refractivity contribution in [3.63, 3.8) is 0 Å². The molecular weight excluding hydrogens is 468 g/mol. The van der Waals surface area contributed by atoms with Gasteiger partial charge in [0.1, 0.15) is 11.8 Å². The van der Waals surface area contributed by atoms with Crippen LogP contribution in [0, 0.1) is 0 Å². The van der Waals surface area contributed by atoms with Crippen LogP contribution in [0.15, 0.2) is 90.0 Å². The summed E-state index contributed by atoms with van der Waals surface area (Å²) in [6.07, 6.45) is 2.46. The number of carbonyl (C=O) groups excluding carboxylic acids is 2. The number of nitrogens with one attached hydrogen (secondary N) is 2. The summed E-state index contributed by atoms with van der Waals surface area (Å²) >= 11 is 0. The molecule has 0 heterocycles. The maximum Gasteiger partial charge on any atom is 0.263 e. The largest absolute Gasteiger partial charge is 0.484 e. The highest BCUT2D eigenvalue weighted by molar-refractivity contribution is 7.92. The molecule has 0 aliphatic heterocycles. The Morgan fingerprint density at radius 3 is 2.17 bits per heavy atom. The fraction of sp³-hybridized carbons (Fsp3) is 0.160. The van der Waals surface area contributed by atoms with Crippen molar-refractivity contribution in [2.75, 3.05) is 22.5 Å². The van der Waals surface area contributed by atoms with Gasteiger partial charge in [0.15, 0.2) is 6.61 Å². The van der Waals surface area contributed by atoms with Gasteiger partial charge in [0.2, 0.25) is 10.0 Å². The molecule has 3 aromatic rings. The van der Waals surface area contributed by atoms with Gasteiger partial charge in [-0.3, -0.25) is 13.9 Å². The molecule has 3 aromatic carbocycles. The SMILES string of the molecule is C[C@@H](C(=O)N/N=C\c1ccc(OCC(=O)Nc2ccccc2)cc1)N(c1ccccc1)S(C)(=O)=O. The highest BCUT2D eigenvalue weighted by atomic mass is 32.2. The molecule has 0 bridgehead atoms. The molecule has 0 saturated heterocycles. The first-order valence-electron chi connectivity index (χ1n) is 10.7. The van der Waals surface area contributed by atoms with Crippen LogP contribution in [0.1, 0.15) is 12.5 Å². The second-order valence-corrected chi connectivity index (χ2v) is 9.44. The number of sulfonamides is 1. The molecule has 0 aliphatic rings. The van der Waals surface area contributed by atoms with Crippen LogP contribution in [-0.2, 0) is 19.6 Å². The van der Waals surface area contributed by atoms with Crippen molar-refractivity contribution in [2.24, 2.45) is 5.10 Å². The second-order valence-electron chi connectivity index (χ2n) is 7.58. The zero-order valence-electron chi connectivity index (χ0n) is 19.3. The molecule has 0 radical (unpaired) electrons. The topological polar surface area (TPSA) is 117 Å². The fourth-order valence-corrected chi connectivity index (χ4v) is 4.34. The maximum absolute atomic E-state index is 12.5. The minimum absolute atomic E-state index is 0.144. The van der Waals surface area contributed by atoms with E-state index in [1.165, 1.54) is 13.1 Å². The van der Waals surface area contributed by atoms with Gasteiger partial charge in [-0.2, -0.15) is 5.10 Å². The minimum atomic E-state index is -3.70. The monoisotopic (exact) mass is 494 g/mol. The Hall–Kier alpha value is -4.18. The quantitative estimate of drug-likeness (QED) is 0.332. The van der Waals surface area contributed by atoms with Gasteiger partial charge in [-0.25, -0.2) is 13.8 Å². The van der Waals surface area contributed by atoms with Crippen LogP contribution in [0.4, 0.5) is 11.4 Å². The van der Waals surface area contributed by atoms with Gasteiger partial charge in [0, 0.05) is 5.69 Å². The summed E-state index contributed by atoms with van der Waals surface area (Å²) in [6, 6.07) is 23.2. The Balaban J connectivity index is 1.52. The molecule has 0 unspecified atom stereocenters. The van der Waals surface area contributed by atoms with Crippen molar-refractivity contribution >= 4 is 39.4 Å². The number of nitrogens with zero attached hydrogens (tertiary/aromatic N) is 2. The first-order valence-corrected chi connectivity index (χ1v) is 12.5. The maximum atomic E-state index is 12.5. The number of hydrogen-bond donors (Lipinski definition) is 2. The Labute approximate surface area is 204 Å². The number of ether oxygens (including phenoxy) is 1. The summed E-state index contributed by atoms with van der Waals surface area (Å²) < 4.78 is 31.0. The third kappa shape index (κ3) is 7.68. The number of amides is 2. The van der Waals surface area contributed by atoms with Crippen LogP contribution in [-0.4, -0.2) is 45.4 Å². The Kier molecular flexibility index (Phi) is 8.58. The van der Waals surface area contributed by atoms with E-state index in [4.69, 9.17) is 4.74 Å². The van der Waals surface area contributed by atoms with E-state index in [-0.39, 0.29) is 12.5 Å². The average Bonchev–Trinajstić information content (AvgIpc) is 2.84. The van der Waals surface area contributed by atoms with Crippen molar-refractivity contribution in [3.8, 4) is 5.75 Å². The van der Waals surface area contributed by atoms with Gasteiger partial charge in [-0.15, -0.1) is 0 Å². The van der Waals surface area contributed by atoms with E-state index >= 15 is 0 Å². The van der Waals surface area contributed by atoms with Crippen molar-refractivity contribution in [3.05, 3.63) is 90.5 Å². The predicted molar refractivity (Wildman–Crippen MR) is 136 cm³/mol. The van der Waals surface area contributed by atoms with E-state index in [0.717, 1.165) is 10.6 Å². The summed E-state index contributed by atoms with van der Waals surface area (Å²) in [5.74, 6) is -0.369. The molecule has 2 amide bonds. The van der Waals surface area contributed by atoms with Crippen molar-refractivity contribution in [1.29, 1.82) is 0 Å².